The molecule has 1 aromatic carbocycles. The van der Waals surface area contributed by atoms with Crippen LogP contribution in [-0.4, -0.2) is 29.5 Å². The largest absolute Gasteiger partial charge is 0.484 e. The van der Waals surface area contributed by atoms with Crippen LogP contribution in [0.15, 0.2) is 24.3 Å². The maximum Gasteiger partial charge on any atom is 0.258 e. The summed E-state index contributed by atoms with van der Waals surface area (Å²) >= 11 is 5.81. The predicted molar refractivity (Wildman–Crippen MR) is 89.9 cm³/mol. The zero-order valence-electron chi connectivity index (χ0n) is 13.4. The monoisotopic (exact) mass is 348 g/mol. The fourth-order valence-electron chi connectivity index (χ4n) is 4.00. The van der Waals surface area contributed by atoms with Crippen LogP contribution in [0.1, 0.15) is 38.5 Å². The lowest BCUT2D eigenvalue weighted by Crippen LogP contribution is -2.84. The SMILES string of the molecule is O=C(COc1ccc(Cl)cc1)NC12CC(NC(=O)CC3CC3)(C1)C2. The van der Waals surface area contributed by atoms with E-state index in [1.807, 2.05) is 0 Å². The first-order valence-corrected chi connectivity index (χ1v) is 8.84. The van der Waals surface area contributed by atoms with Gasteiger partial charge in [-0.2, -0.15) is 0 Å². The summed E-state index contributed by atoms with van der Waals surface area (Å²) in [6, 6.07) is 6.93. The number of rotatable bonds is 7. The van der Waals surface area contributed by atoms with Gasteiger partial charge in [-0.3, -0.25) is 9.59 Å². The van der Waals surface area contributed by atoms with E-state index in [0.29, 0.717) is 23.1 Å². The molecule has 0 heterocycles. The van der Waals surface area contributed by atoms with Crippen molar-refractivity contribution >= 4 is 23.4 Å². The van der Waals surface area contributed by atoms with Gasteiger partial charge in [0.1, 0.15) is 5.75 Å². The van der Waals surface area contributed by atoms with Crippen LogP contribution in [0.25, 0.3) is 0 Å². The van der Waals surface area contributed by atoms with Crippen LogP contribution >= 0.6 is 11.6 Å². The third kappa shape index (κ3) is 3.22. The molecule has 128 valence electrons. The van der Waals surface area contributed by atoms with Crippen LogP contribution in [0.5, 0.6) is 5.75 Å². The standard InChI is InChI=1S/C18H21ClN2O3/c19-13-3-5-14(6-4-13)24-8-16(23)21-18-9-17(10-18,11-18)20-15(22)7-12-1-2-12/h3-6,12H,1-2,7-11H2,(H,20,22)(H,21,23). The summed E-state index contributed by atoms with van der Waals surface area (Å²) in [5.41, 5.74) is -0.191. The minimum absolute atomic E-state index is 0.00950. The van der Waals surface area contributed by atoms with E-state index in [0.717, 1.165) is 19.3 Å². The van der Waals surface area contributed by atoms with Crippen LogP contribution in [0.3, 0.4) is 0 Å². The van der Waals surface area contributed by atoms with Crippen LogP contribution in [0.2, 0.25) is 5.02 Å². The fourth-order valence-corrected chi connectivity index (χ4v) is 4.12. The molecule has 0 spiro atoms. The highest BCUT2D eigenvalue weighted by Crippen LogP contribution is 2.60. The maximum absolute atomic E-state index is 12.0. The van der Waals surface area contributed by atoms with Crippen LogP contribution in [0, 0.1) is 5.92 Å². The number of hydrogen-bond acceptors (Lipinski definition) is 3. The topological polar surface area (TPSA) is 67.4 Å². The van der Waals surface area contributed by atoms with Crippen molar-refractivity contribution in [3.63, 3.8) is 0 Å². The normalized spacial score (nSPS) is 29.9. The first kappa shape index (κ1) is 15.8. The molecular formula is C18H21ClN2O3. The Hall–Kier alpha value is -1.75. The molecule has 0 aromatic heterocycles. The highest BCUT2D eigenvalue weighted by atomic mass is 35.5. The zero-order chi connectivity index (χ0) is 16.8. The van der Waals surface area contributed by atoms with Crippen LogP contribution < -0.4 is 15.4 Å². The van der Waals surface area contributed by atoms with Crippen molar-refractivity contribution in [3.05, 3.63) is 29.3 Å². The molecule has 2 N–H and O–H groups in total. The molecule has 2 amide bonds. The molecule has 0 aliphatic heterocycles. The van der Waals surface area contributed by atoms with Crippen molar-refractivity contribution in [3.8, 4) is 5.75 Å². The average molecular weight is 349 g/mol. The van der Waals surface area contributed by atoms with E-state index in [-0.39, 0.29) is 29.5 Å². The number of carbonyl (C=O) groups excluding carboxylic acids is 2. The van der Waals surface area contributed by atoms with E-state index in [4.69, 9.17) is 16.3 Å². The molecule has 2 bridgehead atoms. The minimum Gasteiger partial charge on any atom is -0.484 e. The van der Waals surface area contributed by atoms with E-state index in [1.165, 1.54) is 12.8 Å². The molecule has 0 radical (unpaired) electrons. The third-order valence-electron chi connectivity index (χ3n) is 5.19. The number of amides is 2. The van der Waals surface area contributed by atoms with Crippen LogP contribution in [-0.2, 0) is 9.59 Å². The molecule has 4 aliphatic carbocycles. The van der Waals surface area contributed by atoms with Crippen molar-refractivity contribution in [2.75, 3.05) is 6.61 Å². The lowest BCUT2D eigenvalue weighted by Gasteiger charge is -2.70. The van der Waals surface area contributed by atoms with Gasteiger partial charge in [-0.05, 0) is 62.3 Å². The second kappa shape index (κ2) is 5.66. The summed E-state index contributed by atoms with van der Waals surface area (Å²) in [6.45, 7) is -0.00950. The Kier molecular flexibility index (Phi) is 3.71. The molecule has 1 aromatic rings. The van der Waals surface area contributed by atoms with E-state index in [2.05, 4.69) is 10.6 Å². The van der Waals surface area contributed by atoms with Gasteiger partial charge >= 0.3 is 0 Å². The van der Waals surface area contributed by atoms with Gasteiger partial charge in [0.15, 0.2) is 6.61 Å². The van der Waals surface area contributed by atoms with Gasteiger partial charge in [0.05, 0.1) is 0 Å². The lowest BCUT2D eigenvalue weighted by molar-refractivity contribution is -0.150. The van der Waals surface area contributed by atoms with Gasteiger partial charge in [0.2, 0.25) is 5.91 Å². The molecule has 4 aliphatic rings. The molecule has 4 saturated carbocycles. The molecule has 0 saturated heterocycles. The van der Waals surface area contributed by atoms with E-state index in [1.54, 1.807) is 24.3 Å². The highest BCUT2D eigenvalue weighted by Gasteiger charge is 2.69. The second-order valence-corrected chi connectivity index (χ2v) is 8.01. The molecule has 0 unspecified atom stereocenters. The van der Waals surface area contributed by atoms with E-state index < -0.39 is 0 Å². The van der Waals surface area contributed by atoms with Gasteiger partial charge < -0.3 is 15.4 Å². The average Bonchev–Trinajstić information content (AvgIpc) is 3.27. The van der Waals surface area contributed by atoms with Crippen molar-refractivity contribution in [1.29, 1.82) is 0 Å². The third-order valence-corrected chi connectivity index (χ3v) is 5.45. The Bertz CT molecular complexity index is 650. The molecule has 5 rings (SSSR count). The molecule has 0 atom stereocenters. The first-order valence-electron chi connectivity index (χ1n) is 8.46. The molecular weight excluding hydrogens is 328 g/mol. The molecule has 5 nitrogen and oxygen atoms in total. The minimum atomic E-state index is -0.132. The molecule has 4 fully saturated rings. The first-order chi connectivity index (χ1) is 11.5. The highest BCUT2D eigenvalue weighted by molar-refractivity contribution is 6.30. The summed E-state index contributed by atoms with van der Waals surface area (Å²) in [6.07, 6.45) is 5.55. The van der Waals surface area contributed by atoms with Crippen molar-refractivity contribution < 1.29 is 14.3 Å². The second-order valence-electron chi connectivity index (χ2n) is 7.58. The summed E-state index contributed by atoms with van der Waals surface area (Å²) in [4.78, 5) is 24.0. The number of halogens is 1. The summed E-state index contributed by atoms with van der Waals surface area (Å²) in [5.74, 6) is 1.28. The smallest absolute Gasteiger partial charge is 0.258 e. The van der Waals surface area contributed by atoms with Gasteiger partial charge in [-0.15, -0.1) is 0 Å². The summed E-state index contributed by atoms with van der Waals surface area (Å²) < 4.78 is 5.45. The van der Waals surface area contributed by atoms with Crippen molar-refractivity contribution in [1.82, 2.24) is 10.6 Å². The van der Waals surface area contributed by atoms with E-state index >= 15 is 0 Å². The quantitative estimate of drug-likeness (QED) is 0.795. The van der Waals surface area contributed by atoms with Gasteiger partial charge in [-0.1, -0.05) is 11.6 Å². The summed E-state index contributed by atoms with van der Waals surface area (Å²) in [7, 11) is 0. The Labute approximate surface area is 146 Å². The zero-order valence-corrected chi connectivity index (χ0v) is 14.2. The van der Waals surface area contributed by atoms with Crippen LogP contribution in [0.4, 0.5) is 0 Å². The molecule has 24 heavy (non-hydrogen) atoms. The fraction of sp³-hybridized carbons (Fsp3) is 0.556. The maximum atomic E-state index is 12.0. The summed E-state index contributed by atoms with van der Waals surface area (Å²) in [5, 5.41) is 6.84. The van der Waals surface area contributed by atoms with E-state index in [9.17, 15) is 9.59 Å². The number of benzene rings is 1. The number of hydrogen-bond donors (Lipinski definition) is 2. The Morgan fingerprint density at radius 2 is 1.62 bits per heavy atom. The Balaban J connectivity index is 1.18. The van der Waals surface area contributed by atoms with Crippen molar-refractivity contribution in [2.45, 2.75) is 49.6 Å². The van der Waals surface area contributed by atoms with Crippen molar-refractivity contribution in [2.24, 2.45) is 5.92 Å². The number of ether oxygens (including phenoxy) is 1. The lowest BCUT2D eigenvalue weighted by atomic mass is 9.44. The van der Waals surface area contributed by atoms with Gasteiger partial charge in [-0.25, -0.2) is 0 Å². The number of carbonyl (C=O) groups is 2. The number of nitrogens with one attached hydrogen (secondary N) is 2. The Morgan fingerprint density at radius 1 is 1.04 bits per heavy atom. The Morgan fingerprint density at radius 3 is 2.21 bits per heavy atom. The van der Waals surface area contributed by atoms with Gasteiger partial charge in [0, 0.05) is 22.5 Å². The molecule has 6 heteroatoms. The predicted octanol–water partition coefficient (Wildman–Crippen LogP) is 2.43. The van der Waals surface area contributed by atoms with Gasteiger partial charge in [0.25, 0.3) is 5.91 Å².